The molecule has 3 rings (SSSR count). The summed E-state index contributed by atoms with van der Waals surface area (Å²) in [6, 6.07) is 5.29. The molecule has 0 saturated carbocycles. The van der Waals surface area contributed by atoms with Gasteiger partial charge in [-0.1, -0.05) is 22.0 Å². The molecule has 92 valence electrons. The summed E-state index contributed by atoms with van der Waals surface area (Å²) in [6.07, 6.45) is 4.35. The Kier molecular flexibility index (Phi) is 3.19. The standard InChI is InChI=1S/C13H15BrFNO/c14-11-5-9(15)2-1-8(11)7-16-12-6-10-3-4-13(12)17-10/h1-2,5,10,12-13,16H,3-4,6-7H2. The summed E-state index contributed by atoms with van der Waals surface area (Å²) in [5.74, 6) is -0.205. The lowest BCUT2D eigenvalue weighted by molar-refractivity contribution is 0.0973. The van der Waals surface area contributed by atoms with E-state index in [4.69, 9.17) is 4.74 Å². The van der Waals surface area contributed by atoms with E-state index in [0.29, 0.717) is 18.2 Å². The Balaban J connectivity index is 1.60. The summed E-state index contributed by atoms with van der Waals surface area (Å²) in [6.45, 7) is 0.762. The molecule has 3 unspecified atom stereocenters. The van der Waals surface area contributed by atoms with Crippen LogP contribution >= 0.6 is 15.9 Å². The molecule has 2 aliphatic heterocycles. The molecular weight excluding hydrogens is 285 g/mol. The van der Waals surface area contributed by atoms with Gasteiger partial charge in [0.1, 0.15) is 5.82 Å². The SMILES string of the molecule is Fc1ccc(CNC2CC3CCC2O3)c(Br)c1. The summed E-state index contributed by atoms with van der Waals surface area (Å²) in [5, 5.41) is 3.51. The van der Waals surface area contributed by atoms with Crippen molar-refractivity contribution in [2.75, 3.05) is 0 Å². The van der Waals surface area contributed by atoms with Gasteiger partial charge in [-0.25, -0.2) is 4.39 Å². The van der Waals surface area contributed by atoms with E-state index in [-0.39, 0.29) is 5.82 Å². The van der Waals surface area contributed by atoms with E-state index < -0.39 is 0 Å². The maximum Gasteiger partial charge on any atom is 0.124 e. The fourth-order valence-electron chi connectivity index (χ4n) is 2.76. The first-order valence-corrected chi connectivity index (χ1v) is 6.84. The predicted molar refractivity (Wildman–Crippen MR) is 67.2 cm³/mol. The van der Waals surface area contributed by atoms with E-state index >= 15 is 0 Å². The minimum Gasteiger partial charge on any atom is -0.373 e. The Morgan fingerprint density at radius 2 is 2.29 bits per heavy atom. The van der Waals surface area contributed by atoms with Crippen LogP contribution in [0.25, 0.3) is 0 Å². The Morgan fingerprint density at radius 1 is 1.41 bits per heavy atom. The van der Waals surface area contributed by atoms with Gasteiger partial charge in [-0.2, -0.15) is 0 Å². The zero-order chi connectivity index (χ0) is 11.8. The lowest BCUT2D eigenvalue weighted by atomic mass is 9.95. The van der Waals surface area contributed by atoms with Crippen LogP contribution in [-0.4, -0.2) is 18.2 Å². The molecule has 2 fully saturated rings. The molecule has 1 aromatic rings. The van der Waals surface area contributed by atoms with Crippen molar-refractivity contribution in [3.8, 4) is 0 Å². The Bertz CT molecular complexity index is 426. The quantitative estimate of drug-likeness (QED) is 0.926. The van der Waals surface area contributed by atoms with Crippen LogP contribution in [-0.2, 0) is 11.3 Å². The summed E-state index contributed by atoms with van der Waals surface area (Å²) < 4.78 is 19.6. The highest BCUT2D eigenvalue weighted by Crippen LogP contribution is 2.34. The first kappa shape index (κ1) is 11.6. The maximum atomic E-state index is 12.9. The molecule has 1 N–H and O–H groups in total. The minimum atomic E-state index is -0.205. The number of hydrogen-bond donors (Lipinski definition) is 1. The molecule has 2 aliphatic rings. The number of fused-ring (bicyclic) bond motifs is 2. The molecule has 2 nitrogen and oxygen atoms in total. The van der Waals surface area contributed by atoms with Crippen molar-refractivity contribution >= 4 is 15.9 Å². The molecule has 4 heteroatoms. The van der Waals surface area contributed by atoms with E-state index in [1.165, 1.54) is 25.0 Å². The Hall–Kier alpha value is -0.450. The van der Waals surface area contributed by atoms with Crippen LogP contribution in [0.15, 0.2) is 22.7 Å². The predicted octanol–water partition coefficient (Wildman–Crippen LogP) is 3.00. The monoisotopic (exact) mass is 299 g/mol. The molecule has 1 aromatic carbocycles. The van der Waals surface area contributed by atoms with Gasteiger partial charge in [-0.15, -0.1) is 0 Å². The molecule has 0 aromatic heterocycles. The van der Waals surface area contributed by atoms with E-state index in [2.05, 4.69) is 21.2 Å². The summed E-state index contributed by atoms with van der Waals surface area (Å²) >= 11 is 3.39. The second kappa shape index (κ2) is 4.67. The minimum absolute atomic E-state index is 0.205. The van der Waals surface area contributed by atoms with Gasteiger partial charge in [-0.3, -0.25) is 0 Å². The number of benzene rings is 1. The van der Waals surface area contributed by atoms with Gasteiger partial charge in [0.05, 0.1) is 12.2 Å². The van der Waals surface area contributed by atoms with Crippen molar-refractivity contribution in [3.63, 3.8) is 0 Å². The lowest BCUT2D eigenvalue weighted by Crippen LogP contribution is -2.37. The van der Waals surface area contributed by atoms with Crippen molar-refractivity contribution in [1.82, 2.24) is 5.32 Å². The van der Waals surface area contributed by atoms with Gasteiger partial charge in [0.15, 0.2) is 0 Å². The van der Waals surface area contributed by atoms with Crippen LogP contribution < -0.4 is 5.32 Å². The number of halogens is 2. The highest BCUT2D eigenvalue weighted by Gasteiger charge is 2.40. The van der Waals surface area contributed by atoms with Gasteiger partial charge in [0.2, 0.25) is 0 Å². The molecule has 2 heterocycles. The average molecular weight is 300 g/mol. The molecular formula is C13H15BrFNO. The molecule has 0 spiro atoms. The summed E-state index contributed by atoms with van der Waals surface area (Å²) in [7, 11) is 0. The molecule has 2 saturated heterocycles. The molecule has 3 atom stereocenters. The van der Waals surface area contributed by atoms with Crippen molar-refractivity contribution in [2.45, 2.75) is 44.1 Å². The van der Waals surface area contributed by atoms with Gasteiger partial charge in [0.25, 0.3) is 0 Å². The second-order valence-corrected chi connectivity index (χ2v) is 5.69. The summed E-state index contributed by atoms with van der Waals surface area (Å²) in [5.41, 5.74) is 1.09. The molecule has 17 heavy (non-hydrogen) atoms. The third kappa shape index (κ3) is 2.39. The highest BCUT2D eigenvalue weighted by molar-refractivity contribution is 9.10. The molecule has 0 amide bonds. The van der Waals surface area contributed by atoms with Crippen LogP contribution in [0.3, 0.4) is 0 Å². The second-order valence-electron chi connectivity index (χ2n) is 4.83. The van der Waals surface area contributed by atoms with E-state index in [9.17, 15) is 4.39 Å². The summed E-state index contributed by atoms with van der Waals surface area (Å²) in [4.78, 5) is 0. The average Bonchev–Trinajstić information content (AvgIpc) is 2.89. The van der Waals surface area contributed by atoms with Crippen LogP contribution in [0, 0.1) is 5.82 Å². The van der Waals surface area contributed by atoms with Gasteiger partial charge >= 0.3 is 0 Å². The first-order chi connectivity index (χ1) is 8.22. The van der Waals surface area contributed by atoms with Crippen molar-refractivity contribution in [3.05, 3.63) is 34.1 Å². The van der Waals surface area contributed by atoms with Gasteiger partial charge in [0, 0.05) is 17.1 Å². The van der Waals surface area contributed by atoms with Gasteiger partial charge < -0.3 is 10.1 Å². The number of hydrogen-bond acceptors (Lipinski definition) is 2. The van der Waals surface area contributed by atoms with Crippen LogP contribution in [0.1, 0.15) is 24.8 Å². The van der Waals surface area contributed by atoms with Crippen LogP contribution in [0.5, 0.6) is 0 Å². The Labute approximate surface area is 109 Å². The molecule has 0 radical (unpaired) electrons. The first-order valence-electron chi connectivity index (χ1n) is 6.05. The molecule has 0 aliphatic carbocycles. The van der Waals surface area contributed by atoms with E-state index in [0.717, 1.165) is 23.0 Å². The van der Waals surface area contributed by atoms with Crippen molar-refractivity contribution in [1.29, 1.82) is 0 Å². The largest absolute Gasteiger partial charge is 0.373 e. The molecule has 2 bridgehead atoms. The number of ether oxygens (including phenoxy) is 1. The van der Waals surface area contributed by atoms with Crippen LogP contribution in [0.2, 0.25) is 0 Å². The fourth-order valence-corrected chi connectivity index (χ4v) is 3.25. The third-order valence-corrected chi connectivity index (χ3v) is 4.41. The number of rotatable bonds is 3. The third-order valence-electron chi connectivity index (χ3n) is 3.68. The van der Waals surface area contributed by atoms with Crippen molar-refractivity contribution in [2.24, 2.45) is 0 Å². The number of nitrogens with one attached hydrogen (secondary N) is 1. The van der Waals surface area contributed by atoms with Crippen LogP contribution in [0.4, 0.5) is 4.39 Å². The fraction of sp³-hybridized carbons (Fsp3) is 0.538. The van der Waals surface area contributed by atoms with E-state index in [1.54, 1.807) is 0 Å². The topological polar surface area (TPSA) is 21.3 Å². The zero-order valence-corrected chi connectivity index (χ0v) is 11.0. The van der Waals surface area contributed by atoms with E-state index in [1.807, 2.05) is 6.07 Å². The normalized spacial score (nSPS) is 31.1. The smallest absolute Gasteiger partial charge is 0.124 e. The van der Waals surface area contributed by atoms with Crippen molar-refractivity contribution < 1.29 is 9.13 Å². The highest BCUT2D eigenvalue weighted by atomic mass is 79.9. The lowest BCUT2D eigenvalue weighted by Gasteiger charge is -2.20. The maximum absolute atomic E-state index is 12.9. The van der Waals surface area contributed by atoms with Gasteiger partial charge in [-0.05, 0) is 37.0 Å². The zero-order valence-electron chi connectivity index (χ0n) is 9.46. The Morgan fingerprint density at radius 3 is 2.94 bits per heavy atom.